The number of hydrogen-bond acceptors (Lipinski definition) is 3. The number of anilines is 1. The first-order valence-corrected chi connectivity index (χ1v) is 6.27. The predicted octanol–water partition coefficient (Wildman–Crippen LogP) is 4.38. The summed E-state index contributed by atoms with van der Waals surface area (Å²) in [5.74, 6) is -0.354. The highest BCUT2D eigenvalue weighted by Crippen LogP contribution is 2.38. The zero-order valence-corrected chi connectivity index (χ0v) is 11.3. The molecule has 0 aliphatic rings. The van der Waals surface area contributed by atoms with Gasteiger partial charge in [-0.2, -0.15) is 13.2 Å². The van der Waals surface area contributed by atoms with Crippen LogP contribution in [0.15, 0.2) is 36.4 Å². The molecule has 0 aromatic heterocycles. The Morgan fingerprint density at radius 2 is 1.81 bits per heavy atom. The van der Waals surface area contributed by atoms with Gasteiger partial charge in [0.25, 0.3) is 0 Å². The molecule has 3 N–H and O–H groups in total. The third-order valence-corrected chi connectivity index (χ3v) is 3.16. The van der Waals surface area contributed by atoms with Gasteiger partial charge in [0.2, 0.25) is 0 Å². The summed E-state index contributed by atoms with van der Waals surface area (Å²) in [5.41, 5.74) is -0.798. The van der Waals surface area contributed by atoms with Gasteiger partial charge in [-0.25, -0.2) is 0 Å². The molecule has 0 bridgehead atoms. The summed E-state index contributed by atoms with van der Waals surface area (Å²) in [6, 6.07) is 7.32. The van der Waals surface area contributed by atoms with Gasteiger partial charge in [-0.05, 0) is 24.3 Å². The van der Waals surface area contributed by atoms with Crippen LogP contribution < -0.4 is 5.32 Å². The van der Waals surface area contributed by atoms with Crippen LogP contribution in [0.25, 0.3) is 0 Å². The second-order valence-electron chi connectivity index (χ2n) is 4.33. The SMILES string of the molecule is Oc1ccc(CNc2c(Cl)cccc2C(F)(F)F)c(O)c1. The molecule has 0 heterocycles. The minimum absolute atomic E-state index is 0.0666. The fraction of sp³-hybridized carbons (Fsp3) is 0.143. The van der Waals surface area contributed by atoms with Crippen molar-refractivity contribution in [3.63, 3.8) is 0 Å². The number of benzene rings is 2. The van der Waals surface area contributed by atoms with Crippen LogP contribution in [0.4, 0.5) is 18.9 Å². The van der Waals surface area contributed by atoms with Crippen LogP contribution in [-0.2, 0) is 12.7 Å². The first-order chi connectivity index (χ1) is 9.79. The lowest BCUT2D eigenvalue weighted by Crippen LogP contribution is -2.11. The van der Waals surface area contributed by atoms with Gasteiger partial charge in [0.1, 0.15) is 11.5 Å². The molecule has 112 valence electrons. The van der Waals surface area contributed by atoms with Crippen LogP contribution in [0.5, 0.6) is 11.5 Å². The lowest BCUT2D eigenvalue weighted by atomic mass is 10.1. The third kappa shape index (κ3) is 3.52. The normalized spacial score (nSPS) is 11.4. The van der Waals surface area contributed by atoms with Crippen LogP contribution in [0.1, 0.15) is 11.1 Å². The highest BCUT2D eigenvalue weighted by molar-refractivity contribution is 6.33. The fourth-order valence-corrected chi connectivity index (χ4v) is 2.07. The van der Waals surface area contributed by atoms with Crippen molar-refractivity contribution in [1.29, 1.82) is 0 Å². The number of phenols is 2. The average Bonchev–Trinajstić information content (AvgIpc) is 2.37. The molecule has 21 heavy (non-hydrogen) atoms. The number of rotatable bonds is 3. The number of aromatic hydroxyl groups is 2. The maximum Gasteiger partial charge on any atom is 0.418 e. The van der Waals surface area contributed by atoms with Crippen molar-refractivity contribution in [3.8, 4) is 11.5 Å². The van der Waals surface area contributed by atoms with E-state index in [0.717, 1.165) is 12.1 Å². The summed E-state index contributed by atoms with van der Waals surface area (Å²) >= 11 is 5.80. The largest absolute Gasteiger partial charge is 0.508 e. The van der Waals surface area contributed by atoms with Crippen molar-refractivity contribution < 1.29 is 23.4 Å². The Balaban J connectivity index is 2.28. The highest BCUT2D eigenvalue weighted by Gasteiger charge is 2.34. The fourth-order valence-electron chi connectivity index (χ4n) is 1.83. The summed E-state index contributed by atoms with van der Waals surface area (Å²) in [6.45, 7) is -0.0705. The standard InChI is InChI=1S/C14H11ClF3NO2/c15-11-3-1-2-10(14(16,17)18)13(11)19-7-8-4-5-9(20)6-12(8)21/h1-6,19-21H,7H2. The van der Waals surface area contributed by atoms with E-state index in [0.29, 0.717) is 5.56 Å². The minimum atomic E-state index is -4.54. The molecule has 0 unspecified atom stereocenters. The molecule has 0 amide bonds. The molecule has 0 fully saturated rings. The quantitative estimate of drug-likeness (QED) is 0.787. The van der Waals surface area contributed by atoms with E-state index < -0.39 is 11.7 Å². The minimum Gasteiger partial charge on any atom is -0.508 e. The lowest BCUT2D eigenvalue weighted by molar-refractivity contribution is -0.136. The van der Waals surface area contributed by atoms with Gasteiger partial charge in [0.15, 0.2) is 0 Å². The first kappa shape index (κ1) is 15.3. The second-order valence-corrected chi connectivity index (χ2v) is 4.73. The van der Waals surface area contributed by atoms with Gasteiger partial charge in [-0.1, -0.05) is 17.7 Å². The van der Waals surface area contributed by atoms with Crippen LogP contribution in [0.2, 0.25) is 5.02 Å². The molecule has 2 rings (SSSR count). The molecule has 2 aromatic rings. The number of phenolic OH excluding ortho intramolecular Hbond substituents is 2. The lowest BCUT2D eigenvalue weighted by Gasteiger charge is -2.16. The molecule has 0 aliphatic carbocycles. The zero-order valence-electron chi connectivity index (χ0n) is 10.6. The maximum atomic E-state index is 12.9. The molecule has 0 saturated heterocycles. The van der Waals surface area contributed by atoms with E-state index in [-0.39, 0.29) is 28.8 Å². The van der Waals surface area contributed by atoms with Gasteiger partial charge in [-0.15, -0.1) is 0 Å². The summed E-state index contributed by atoms with van der Waals surface area (Å²) in [6.07, 6.45) is -4.54. The van der Waals surface area contributed by atoms with E-state index >= 15 is 0 Å². The first-order valence-electron chi connectivity index (χ1n) is 5.89. The zero-order chi connectivity index (χ0) is 15.6. The molecule has 0 spiro atoms. The van der Waals surface area contributed by atoms with Crippen LogP contribution >= 0.6 is 11.6 Å². The molecular formula is C14H11ClF3NO2. The molecule has 0 atom stereocenters. The molecule has 0 aliphatic heterocycles. The van der Waals surface area contributed by atoms with E-state index in [1.54, 1.807) is 0 Å². The average molecular weight is 318 g/mol. The summed E-state index contributed by atoms with van der Waals surface area (Å²) in [7, 11) is 0. The summed E-state index contributed by atoms with van der Waals surface area (Å²) in [4.78, 5) is 0. The Labute approximate surface area is 123 Å². The van der Waals surface area contributed by atoms with Gasteiger partial charge >= 0.3 is 6.18 Å². The Hall–Kier alpha value is -2.08. The predicted molar refractivity (Wildman–Crippen MR) is 73.6 cm³/mol. The van der Waals surface area contributed by atoms with Crippen molar-refractivity contribution in [2.24, 2.45) is 0 Å². The maximum absolute atomic E-state index is 12.9. The van der Waals surface area contributed by atoms with E-state index in [2.05, 4.69) is 5.32 Å². The van der Waals surface area contributed by atoms with E-state index in [1.165, 1.54) is 24.3 Å². The smallest absolute Gasteiger partial charge is 0.418 e. The number of alkyl halides is 3. The molecule has 7 heteroatoms. The molecule has 3 nitrogen and oxygen atoms in total. The van der Waals surface area contributed by atoms with Crippen molar-refractivity contribution >= 4 is 17.3 Å². The molecular weight excluding hydrogens is 307 g/mol. The van der Waals surface area contributed by atoms with Crippen molar-refractivity contribution in [2.45, 2.75) is 12.7 Å². The van der Waals surface area contributed by atoms with E-state index in [4.69, 9.17) is 16.7 Å². The van der Waals surface area contributed by atoms with E-state index in [9.17, 15) is 18.3 Å². The number of para-hydroxylation sites is 1. The van der Waals surface area contributed by atoms with Gasteiger partial charge in [0.05, 0.1) is 16.3 Å². The topological polar surface area (TPSA) is 52.5 Å². The summed E-state index contributed by atoms with van der Waals surface area (Å²) < 4.78 is 38.7. The second kappa shape index (κ2) is 5.73. The third-order valence-electron chi connectivity index (χ3n) is 2.84. The Bertz CT molecular complexity index is 659. The Morgan fingerprint density at radius 1 is 1.10 bits per heavy atom. The molecule has 2 aromatic carbocycles. The van der Waals surface area contributed by atoms with Crippen molar-refractivity contribution in [1.82, 2.24) is 0 Å². The van der Waals surface area contributed by atoms with Crippen molar-refractivity contribution in [2.75, 3.05) is 5.32 Å². The van der Waals surface area contributed by atoms with Gasteiger partial charge < -0.3 is 15.5 Å². The van der Waals surface area contributed by atoms with Gasteiger partial charge in [-0.3, -0.25) is 0 Å². The van der Waals surface area contributed by atoms with E-state index in [1.807, 2.05) is 0 Å². The van der Waals surface area contributed by atoms with Crippen molar-refractivity contribution in [3.05, 3.63) is 52.5 Å². The van der Waals surface area contributed by atoms with Crippen LogP contribution in [0.3, 0.4) is 0 Å². The monoisotopic (exact) mass is 317 g/mol. The summed E-state index contributed by atoms with van der Waals surface area (Å²) in [5, 5.41) is 21.3. The Morgan fingerprint density at radius 3 is 2.43 bits per heavy atom. The van der Waals surface area contributed by atoms with Crippen LogP contribution in [-0.4, -0.2) is 10.2 Å². The van der Waals surface area contributed by atoms with Crippen LogP contribution in [0, 0.1) is 0 Å². The number of halogens is 4. The Kier molecular flexibility index (Phi) is 4.18. The number of nitrogens with one attached hydrogen (secondary N) is 1. The highest BCUT2D eigenvalue weighted by atomic mass is 35.5. The van der Waals surface area contributed by atoms with Gasteiger partial charge in [0, 0.05) is 18.2 Å². The molecule has 0 saturated carbocycles. The molecule has 0 radical (unpaired) electrons. The number of hydrogen-bond donors (Lipinski definition) is 3.